The Morgan fingerprint density at radius 3 is 1.59 bits per heavy atom. The van der Waals surface area contributed by atoms with Gasteiger partial charge in [0.15, 0.2) is 11.6 Å². The van der Waals surface area contributed by atoms with Gasteiger partial charge in [-0.05, 0) is 24.3 Å². The van der Waals surface area contributed by atoms with Gasteiger partial charge in [0.25, 0.3) is 0 Å². The van der Waals surface area contributed by atoms with Gasteiger partial charge < -0.3 is 34.3 Å². The van der Waals surface area contributed by atoms with Crippen LogP contribution in [0.4, 0.5) is 10.3 Å². The number of methoxy groups -OCH3 is 5. The summed E-state index contributed by atoms with van der Waals surface area (Å²) < 4.78 is 34.3. The Bertz CT molecular complexity index is 1310. The van der Waals surface area contributed by atoms with E-state index in [0.717, 1.165) is 44.4 Å². The Balaban J connectivity index is 0.000000216. The van der Waals surface area contributed by atoms with E-state index in [4.69, 9.17) is 35.3 Å². The van der Waals surface area contributed by atoms with E-state index in [2.05, 4.69) is 29.3 Å². The number of aromatic nitrogens is 4. The molecule has 0 aliphatic carbocycles. The maximum absolute atomic E-state index is 5.66. The van der Waals surface area contributed by atoms with Crippen LogP contribution >= 0.6 is 34.7 Å². The first kappa shape index (κ1) is 30.2. The highest BCUT2D eigenvalue weighted by atomic mass is 35.5. The molecule has 0 unspecified atom stereocenters. The Hall–Kier alpha value is -3.39. The second-order valence-corrected chi connectivity index (χ2v) is 9.43. The van der Waals surface area contributed by atoms with E-state index in [1.807, 2.05) is 36.4 Å². The molecular weight excluding hydrogens is 564 g/mol. The van der Waals surface area contributed by atoms with Gasteiger partial charge in [-0.25, -0.2) is 9.97 Å². The van der Waals surface area contributed by atoms with Crippen LogP contribution in [-0.4, -0.2) is 54.3 Å². The van der Waals surface area contributed by atoms with Crippen molar-refractivity contribution in [3.05, 3.63) is 59.2 Å². The molecule has 0 saturated heterocycles. The number of hydrogen-bond donors (Lipinski definition) is 2. The molecule has 11 nitrogen and oxygen atoms in total. The van der Waals surface area contributed by atoms with Crippen LogP contribution in [-0.2, 0) is 30.3 Å². The van der Waals surface area contributed by atoms with Gasteiger partial charge in [-0.1, -0.05) is 0 Å². The third kappa shape index (κ3) is 9.10. The summed E-state index contributed by atoms with van der Waals surface area (Å²) in [5, 5.41) is 7.92. The smallest absolute Gasteiger partial charge is 0.202 e. The van der Waals surface area contributed by atoms with Crippen molar-refractivity contribution in [1.29, 1.82) is 0 Å². The molecule has 0 aliphatic rings. The van der Waals surface area contributed by atoms with Crippen LogP contribution < -0.4 is 29.6 Å². The van der Waals surface area contributed by atoms with Gasteiger partial charge in [-0.3, -0.25) is 0 Å². The van der Waals surface area contributed by atoms with Crippen molar-refractivity contribution in [1.82, 2.24) is 18.7 Å². The summed E-state index contributed by atoms with van der Waals surface area (Å²) >= 11 is 8.26. The average Bonchev–Trinajstić information content (AvgIpc) is 3.64. The lowest BCUT2D eigenvalue weighted by Crippen LogP contribution is -2.02. The van der Waals surface area contributed by atoms with E-state index in [-0.39, 0.29) is 0 Å². The topological polar surface area (TPSA) is 122 Å². The number of ether oxygens (including phenoxy) is 5. The van der Waals surface area contributed by atoms with Gasteiger partial charge in [-0.2, -0.15) is 8.75 Å². The molecule has 0 bridgehead atoms. The molecule has 0 spiro atoms. The molecule has 2 aromatic carbocycles. The molecule has 0 radical (unpaired) electrons. The first-order valence-corrected chi connectivity index (χ1v) is 13.7. The molecule has 39 heavy (non-hydrogen) atoms. The molecule has 4 aromatic rings. The zero-order chi connectivity index (χ0) is 28.0. The lowest BCUT2D eigenvalue weighted by molar-refractivity contribution is 0.179. The third-order valence-electron chi connectivity index (χ3n) is 5.18. The van der Waals surface area contributed by atoms with E-state index in [1.54, 1.807) is 35.5 Å². The molecule has 0 amide bonds. The minimum atomic E-state index is 0.323. The van der Waals surface area contributed by atoms with E-state index in [0.29, 0.717) is 37.2 Å². The Kier molecular flexibility index (Phi) is 12.3. The van der Waals surface area contributed by atoms with Crippen molar-refractivity contribution in [2.75, 3.05) is 46.2 Å². The summed E-state index contributed by atoms with van der Waals surface area (Å²) in [6.07, 6.45) is 0. The largest absolute Gasteiger partial charge is 0.497 e. The fourth-order valence-corrected chi connectivity index (χ4v) is 4.57. The van der Waals surface area contributed by atoms with Gasteiger partial charge >= 0.3 is 0 Å². The predicted octanol–water partition coefficient (Wildman–Crippen LogP) is 5.22. The van der Waals surface area contributed by atoms with Crippen LogP contribution in [0.3, 0.4) is 0 Å². The van der Waals surface area contributed by atoms with Crippen molar-refractivity contribution in [2.45, 2.75) is 25.6 Å². The molecule has 0 atom stereocenters. The lowest BCUT2D eigenvalue weighted by Gasteiger charge is -2.10. The highest BCUT2D eigenvalue weighted by Gasteiger charge is 2.09. The molecule has 2 N–H and O–H groups in total. The van der Waals surface area contributed by atoms with E-state index >= 15 is 0 Å². The number of halogens is 1. The van der Waals surface area contributed by atoms with E-state index in [9.17, 15) is 0 Å². The first-order valence-electron chi connectivity index (χ1n) is 11.6. The minimum Gasteiger partial charge on any atom is -0.497 e. The standard InChI is InChI=1S/C13H17N3O3S.C12H14ClN3O2S/c1-17-8-12-15-13(20-16-12)14-7-9-4-5-10(18-2)6-11(9)19-3;1-17-9-4-3-8(10(5-9)18-2)7-14-12-15-11(6-13)16-19-12/h4-6H,7-8H2,1-3H3,(H,14,15,16);3-5H,6-7H2,1-2H3,(H,14,15,16). The minimum absolute atomic E-state index is 0.323. The van der Waals surface area contributed by atoms with Gasteiger partial charge in [0.1, 0.15) is 29.6 Å². The third-order valence-corrected chi connectivity index (χ3v) is 6.84. The number of nitrogens with one attached hydrogen (secondary N) is 2. The number of rotatable bonds is 13. The second-order valence-electron chi connectivity index (χ2n) is 7.66. The van der Waals surface area contributed by atoms with Crippen molar-refractivity contribution in [3.8, 4) is 23.0 Å². The fraction of sp³-hybridized carbons (Fsp3) is 0.360. The Labute approximate surface area is 240 Å². The fourth-order valence-electron chi connectivity index (χ4n) is 3.23. The number of alkyl halides is 1. The van der Waals surface area contributed by atoms with Crippen LogP contribution in [0, 0.1) is 0 Å². The summed E-state index contributed by atoms with van der Waals surface area (Å²) in [5.74, 6) is 4.72. The monoisotopic (exact) mass is 594 g/mol. The van der Waals surface area contributed by atoms with Crippen LogP contribution in [0.2, 0.25) is 0 Å². The Morgan fingerprint density at radius 1 is 0.692 bits per heavy atom. The maximum Gasteiger partial charge on any atom is 0.202 e. The highest BCUT2D eigenvalue weighted by Crippen LogP contribution is 2.27. The number of benzene rings is 2. The van der Waals surface area contributed by atoms with Gasteiger partial charge in [0.05, 0.1) is 34.3 Å². The van der Waals surface area contributed by atoms with Gasteiger partial charge in [-0.15, -0.1) is 11.6 Å². The molecule has 0 fully saturated rings. The zero-order valence-electron chi connectivity index (χ0n) is 22.3. The summed E-state index contributed by atoms with van der Waals surface area (Å²) in [6.45, 7) is 1.63. The maximum atomic E-state index is 5.66. The molecule has 0 aliphatic heterocycles. The van der Waals surface area contributed by atoms with Crippen LogP contribution in [0.1, 0.15) is 22.8 Å². The molecular formula is C25H31ClN6O5S2. The molecule has 14 heteroatoms. The van der Waals surface area contributed by atoms with Gasteiger partial charge in [0.2, 0.25) is 10.3 Å². The van der Waals surface area contributed by atoms with Crippen molar-refractivity contribution in [3.63, 3.8) is 0 Å². The Morgan fingerprint density at radius 2 is 1.18 bits per heavy atom. The second kappa shape index (κ2) is 15.9. The molecule has 4 rings (SSSR count). The average molecular weight is 595 g/mol. The molecule has 210 valence electrons. The number of hydrogen-bond acceptors (Lipinski definition) is 13. The summed E-state index contributed by atoms with van der Waals surface area (Å²) in [4.78, 5) is 8.54. The highest BCUT2D eigenvalue weighted by molar-refractivity contribution is 7.09. The van der Waals surface area contributed by atoms with Crippen LogP contribution in [0.5, 0.6) is 23.0 Å². The lowest BCUT2D eigenvalue weighted by atomic mass is 10.2. The quantitative estimate of drug-likeness (QED) is 0.198. The van der Waals surface area contributed by atoms with E-state index < -0.39 is 0 Å². The van der Waals surface area contributed by atoms with Gasteiger partial charge in [0, 0.05) is 66.5 Å². The zero-order valence-corrected chi connectivity index (χ0v) is 24.7. The summed E-state index contributed by atoms with van der Waals surface area (Å²) in [7, 11) is 8.15. The number of anilines is 2. The normalized spacial score (nSPS) is 10.3. The van der Waals surface area contributed by atoms with E-state index in [1.165, 1.54) is 23.1 Å². The molecule has 2 aromatic heterocycles. The van der Waals surface area contributed by atoms with Crippen molar-refractivity contribution in [2.24, 2.45) is 0 Å². The first-order chi connectivity index (χ1) is 19.0. The summed E-state index contributed by atoms with van der Waals surface area (Å²) in [6, 6.07) is 11.4. The summed E-state index contributed by atoms with van der Waals surface area (Å²) in [5.41, 5.74) is 2.04. The van der Waals surface area contributed by atoms with Crippen LogP contribution in [0.25, 0.3) is 0 Å². The predicted molar refractivity (Wildman–Crippen MR) is 154 cm³/mol. The van der Waals surface area contributed by atoms with Crippen LogP contribution in [0.15, 0.2) is 36.4 Å². The molecule has 0 saturated carbocycles. The molecule has 2 heterocycles. The SMILES string of the molecule is COCc1nsc(NCc2ccc(OC)cc2OC)n1.COc1ccc(CNc2nc(CCl)ns2)c(OC)c1. The van der Waals surface area contributed by atoms with Crippen molar-refractivity contribution < 1.29 is 23.7 Å². The number of nitrogens with zero attached hydrogens (tertiary/aromatic N) is 4. The van der Waals surface area contributed by atoms with Crippen molar-refractivity contribution >= 4 is 44.9 Å².